The quantitative estimate of drug-likeness (QED) is 0.221. The summed E-state index contributed by atoms with van der Waals surface area (Å²) < 4.78 is 138. The largest absolute Gasteiger partial charge is 0.534 e. The Hall–Kier alpha value is -2.50. The number of fused-ring (bicyclic) bond motifs is 1. The molecule has 0 fully saturated rings. The van der Waals surface area contributed by atoms with Crippen molar-refractivity contribution in [1.29, 1.82) is 0 Å². The fourth-order valence-corrected chi connectivity index (χ4v) is 4.32. The predicted molar refractivity (Wildman–Crippen MR) is 86.4 cm³/mol. The van der Waals surface area contributed by atoms with Crippen molar-refractivity contribution in [3.63, 3.8) is 0 Å². The van der Waals surface area contributed by atoms with Crippen molar-refractivity contribution in [3.05, 3.63) is 23.7 Å². The van der Waals surface area contributed by atoms with Gasteiger partial charge in [-0.05, 0) is 12.2 Å². The van der Waals surface area contributed by atoms with Crippen LogP contribution in [-0.4, -0.2) is 54.0 Å². The monoisotopic (exact) mass is 518 g/mol. The maximum atomic E-state index is 12.6. The number of esters is 2. The molecule has 0 radical (unpaired) electrons. The number of allylic oxidation sites excluding steroid dienone is 2. The average molecular weight is 518 g/mol. The van der Waals surface area contributed by atoms with E-state index >= 15 is 0 Å². The molecule has 10 nitrogen and oxygen atoms in total. The van der Waals surface area contributed by atoms with Gasteiger partial charge in [-0.25, -0.2) is 0 Å². The summed E-state index contributed by atoms with van der Waals surface area (Å²) in [6, 6.07) is 0. The molecule has 0 spiro atoms. The van der Waals surface area contributed by atoms with E-state index in [4.69, 9.17) is 0 Å². The Kier molecular flexibility index (Phi) is 6.06. The molecule has 0 aliphatic heterocycles. The van der Waals surface area contributed by atoms with Gasteiger partial charge in [-0.1, -0.05) is 0 Å². The predicted octanol–water partition coefficient (Wildman–Crippen LogP) is 1.61. The summed E-state index contributed by atoms with van der Waals surface area (Å²) in [5, 5.41) is 0. The third kappa shape index (κ3) is 3.89. The molecule has 0 N–H and O–H groups in total. The molecule has 0 atom stereocenters. The lowest BCUT2D eigenvalue weighted by atomic mass is 9.67. The van der Waals surface area contributed by atoms with Crippen LogP contribution in [0.3, 0.4) is 0 Å². The van der Waals surface area contributed by atoms with Crippen molar-refractivity contribution in [2.45, 2.75) is 23.9 Å². The summed E-state index contributed by atoms with van der Waals surface area (Å²) in [5.74, 6) is -5.09. The van der Waals surface area contributed by atoms with Crippen molar-refractivity contribution in [2.75, 3.05) is 14.2 Å². The van der Waals surface area contributed by atoms with Gasteiger partial charge >= 0.3 is 43.2 Å². The molecule has 18 heteroatoms. The van der Waals surface area contributed by atoms with Crippen LogP contribution in [0, 0.1) is 10.8 Å². The maximum Gasteiger partial charge on any atom is 0.534 e. The Morgan fingerprint density at radius 2 is 1.12 bits per heavy atom. The van der Waals surface area contributed by atoms with E-state index in [0.717, 1.165) is 14.2 Å². The summed E-state index contributed by atoms with van der Waals surface area (Å²) in [5.41, 5.74) is -16.9. The normalized spacial score (nSPS) is 26.0. The van der Waals surface area contributed by atoms with Crippen molar-refractivity contribution < 1.29 is 70.6 Å². The number of carbonyl (C=O) groups excluding carboxylic acids is 2. The molecule has 0 bridgehead atoms. The first-order chi connectivity index (χ1) is 14.3. The zero-order chi connectivity index (χ0) is 25.0. The Morgan fingerprint density at radius 1 is 0.781 bits per heavy atom. The van der Waals surface area contributed by atoms with E-state index < -0.39 is 78.4 Å². The molecule has 0 aromatic rings. The van der Waals surface area contributed by atoms with Crippen LogP contribution in [0.15, 0.2) is 23.7 Å². The highest BCUT2D eigenvalue weighted by Crippen LogP contribution is 2.62. The highest BCUT2D eigenvalue weighted by molar-refractivity contribution is 7.88. The van der Waals surface area contributed by atoms with Crippen LogP contribution < -0.4 is 0 Å². The van der Waals surface area contributed by atoms with Crippen molar-refractivity contribution in [3.8, 4) is 0 Å². The molecule has 2 rings (SSSR count). The second-order valence-corrected chi connectivity index (χ2v) is 9.55. The molecule has 0 heterocycles. The van der Waals surface area contributed by atoms with Crippen LogP contribution in [-0.2, 0) is 47.7 Å². The molecule has 2 aliphatic carbocycles. The summed E-state index contributed by atoms with van der Waals surface area (Å²) in [7, 11) is -11.0. The van der Waals surface area contributed by atoms with E-state index in [9.17, 15) is 52.8 Å². The van der Waals surface area contributed by atoms with Gasteiger partial charge in [0.25, 0.3) is 0 Å². The molecule has 0 saturated carbocycles. The van der Waals surface area contributed by atoms with Crippen LogP contribution >= 0.6 is 0 Å². The Labute approximate surface area is 176 Å². The first-order valence-electron chi connectivity index (χ1n) is 7.90. The second-order valence-electron chi connectivity index (χ2n) is 6.48. The van der Waals surface area contributed by atoms with Gasteiger partial charge in [0.15, 0.2) is 0 Å². The topological polar surface area (TPSA) is 139 Å². The number of hydrogen-bond acceptors (Lipinski definition) is 10. The van der Waals surface area contributed by atoms with Crippen LogP contribution in [0.25, 0.3) is 0 Å². The third-order valence-electron chi connectivity index (χ3n) is 4.62. The zero-order valence-corrected chi connectivity index (χ0v) is 17.4. The Morgan fingerprint density at radius 3 is 1.41 bits per heavy atom. The first-order valence-corrected chi connectivity index (χ1v) is 10.7. The minimum atomic E-state index is -6.26. The minimum Gasteiger partial charge on any atom is -0.469 e. The van der Waals surface area contributed by atoms with E-state index in [1.807, 2.05) is 0 Å². The van der Waals surface area contributed by atoms with E-state index in [2.05, 4.69) is 17.8 Å². The summed E-state index contributed by atoms with van der Waals surface area (Å²) in [6.07, 6.45) is -1.48. The lowest BCUT2D eigenvalue weighted by molar-refractivity contribution is -0.167. The lowest BCUT2D eigenvalue weighted by Gasteiger charge is -2.33. The van der Waals surface area contributed by atoms with Crippen LogP contribution in [0.4, 0.5) is 26.3 Å². The van der Waals surface area contributed by atoms with E-state index in [0.29, 0.717) is 12.2 Å². The van der Waals surface area contributed by atoms with Crippen LogP contribution in [0.5, 0.6) is 0 Å². The zero-order valence-electron chi connectivity index (χ0n) is 15.7. The number of methoxy groups -OCH3 is 2. The number of rotatable bonds is 6. The summed E-state index contributed by atoms with van der Waals surface area (Å²) in [4.78, 5) is 25.0. The molecule has 0 aromatic heterocycles. The van der Waals surface area contributed by atoms with Gasteiger partial charge in [-0.15, -0.1) is 0 Å². The van der Waals surface area contributed by atoms with Gasteiger partial charge in [0.1, 0.15) is 22.3 Å². The number of ether oxygens (including phenoxy) is 2. The number of halogens is 6. The van der Waals surface area contributed by atoms with Gasteiger partial charge in [0, 0.05) is 12.8 Å². The summed E-state index contributed by atoms with van der Waals surface area (Å²) >= 11 is 0. The van der Waals surface area contributed by atoms with E-state index in [1.54, 1.807) is 0 Å². The molecule has 0 aromatic carbocycles. The third-order valence-corrected chi connectivity index (χ3v) is 6.62. The van der Waals surface area contributed by atoms with Gasteiger partial charge in [-0.2, -0.15) is 43.2 Å². The molecular formula is C14H12F6O10S2. The molecule has 0 amide bonds. The van der Waals surface area contributed by atoms with Gasteiger partial charge in [0.05, 0.1) is 14.2 Å². The molecule has 0 unspecified atom stereocenters. The van der Waals surface area contributed by atoms with Gasteiger partial charge in [0.2, 0.25) is 0 Å². The summed E-state index contributed by atoms with van der Waals surface area (Å²) in [6.45, 7) is 0. The highest BCUT2D eigenvalue weighted by atomic mass is 32.2. The number of alkyl halides is 6. The standard InChI is InChI=1S/C14H12F6O10S2/c1-27-9(21)11-3-7(29-31(23,24)13(15,16)17)5-12(11,10(22)28-2)6-8(4-11)30-32(25,26)14(18,19)20/h3-4H,5-6H2,1-2H3. The molecule has 2 aliphatic rings. The molecule has 182 valence electrons. The van der Waals surface area contributed by atoms with E-state index in [-0.39, 0.29) is 0 Å². The lowest BCUT2D eigenvalue weighted by Crippen LogP contribution is -2.46. The molecular weight excluding hydrogens is 506 g/mol. The second kappa shape index (κ2) is 7.53. The van der Waals surface area contributed by atoms with Crippen LogP contribution in [0.2, 0.25) is 0 Å². The van der Waals surface area contributed by atoms with Gasteiger partial charge < -0.3 is 17.8 Å². The van der Waals surface area contributed by atoms with Gasteiger partial charge in [-0.3, -0.25) is 9.59 Å². The average Bonchev–Trinajstić information content (AvgIpc) is 3.07. The molecule has 32 heavy (non-hydrogen) atoms. The Balaban J connectivity index is 2.67. The molecule has 0 saturated heterocycles. The van der Waals surface area contributed by atoms with E-state index in [1.165, 1.54) is 0 Å². The maximum absolute atomic E-state index is 12.6. The van der Waals surface area contributed by atoms with Crippen LogP contribution in [0.1, 0.15) is 12.8 Å². The van der Waals surface area contributed by atoms with Crippen molar-refractivity contribution >= 4 is 32.2 Å². The van der Waals surface area contributed by atoms with Crippen molar-refractivity contribution in [1.82, 2.24) is 0 Å². The van der Waals surface area contributed by atoms with Crippen molar-refractivity contribution in [2.24, 2.45) is 10.8 Å². The first kappa shape index (κ1) is 25.8. The SMILES string of the molecule is COC(=O)C12C=C(OS(=O)(=O)C(F)(F)F)CC1(C(=O)OC)CC(OS(=O)(=O)C(F)(F)F)=C2. The smallest absolute Gasteiger partial charge is 0.469 e. The fourth-order valence-electron chi connectivity index (χ4n) is 3.35. The fraction of sp³-hybridized carbons (Fsp3) is 0.571. The Bertz CT molecular complexity index is 1030. The number of carbonyl (C=O) groups is 2. The minimum absolute atomic E-state index is 0.385. The highest BCUT2D eigenvalue weighted by Gasteiger charge is 2.69. The number of hydrogen-bond donors (Lipinski definition) is 0.